The SMILES string of the molecule is CCNC(=NCC(C)(O)c1ccsc1)NCCCNS(C)(=O)=O. The fourth-order valence-electron chi connectivity index (χ4n) is 1.79. The third-order valence-electron chi connectivity index (χ3n) is 3.04. The van der Waals surface area contributed by atoms with Gasteiger partial charge >= 0.3 is 0 Å². The average molecular weight is 363 g/mol. The van der Waals surface area contributed by atoms with Gasteiger partial charge in [0.05, 0.1) is 12.8 Å². The van der Waals surface area contributed by atoms with E-state index in [-0.39, 0.29) is 6.54 Å². The lowest BCUT2D eigenvalue weighted by Gasteiger charge is -2.21. The van der Waals surface area contributed by atoms with Crippen LogP contribution in [0.3, 0.4) is 0 Å². The lowest BCUT2D eigenvalue weighted by molar-refractivity contribution is 0.0677. The Labute approximate surface area is 142 Å². The number of nitrogens with zero attached hydrogens (tertiary/aromatic N) is 1. The van der Waals surface area contributed by atoms with Crippen molar-refractivity contribution < 1.29 is 13.5 Å². The van der Waals surface area contributed by atoms with Crippen LogP contribution in [0.1, 0.15) is 25.8 Å². The van der Waals surface area contributed by atoms with E-state index in [4.69, 9.17) is 0 Å². The minimum absolute atomic E-state index is 0.237. The van der Waals surface area contributed by atoms with Crippen LogP contribution in [-0.2, 0) is 15.6 Å². The molecule has 1 atom stereocenters. The molecule has 7 nitrogen and oxygen atoms in total. The van der Waals surface area contributed by atoms with Crippen molar-refractivity contribution in [3.05, 3.63) is 22.4 Å². The van der Waals surface area contributed by atoms with Crippen LogP contribution in [-0.4, -0.2) is 51.9 Å². The summed E-state index contributed by atoms with van der Waals surface area (Å²) < 4.78 is 24.4. The molecule has 0 aliphatic rings. The zero-order valence-electron chi connectivity index (χ0n) is 13.8. The topological polar surface area (TPSA) is 103 Å². The third-order valence-corrected chi connectivity index (χ3v) is 4.45. The zero-order valence-corrected chi connectivity index (χ0v) is 15.4. The Kier molecular flexibility index (Phi) is 7.97. The lowest BCUT2D eigenvalue weighted by Crippen LogP contribution is -2.40. The molecule has 9 heteroatoms. The first-order chi connectivity index (χ1) is 10.7. The minimum atomic E-state index is -3.15. The number of thiophene rings is 1. The van der Waals surface area contributed by atoms with Crippen molar-refractivity contribution in [3.63, 3.8) is 0 Å². The fourth-order valence-corrected chi connectivity index (χ4v) is 3.09. The molecule has 0 bridgehead atoms. The smallest absolute Gasteiger partial charge is 0.208 e. The highest BCUT2D eigenvalue weighted by molar-refractivity contribution is 7.88. The van der Waals surface area contributed by atoms with Gasteiger partial charge in [-0.1, -0.05) is 0 Å². The van der Waals surface area contributed by atoms with Gasteiger partial charge < -0.3 is 15.7 Å². The Morgan fingerprint density at radius 1 is 1.39 bits per heavy atom. The van der Waals surface area contributed by atoms with E-state index in [1.807, 2.05) is 23.8 Å². The molecule has 0 aromatic carbocycles. The maximum atomic E-state index is 11.0. The molecular weight excluding hydrogens is 336 g/mol. The maximum absolute atomic E-state index is 11.0. The van der Waals surface area contributed by atoms with Gasteiger partial charge in [-0.15, -0.1) is 0 Å². The Morgan fingerprint density at radius 2 is 2.13 bits per heavy atom. The second-order valence-corrected chi connectivity index (χ2v) is 8.04. The summed E-state index contributed by atoms with van der Waals surface area (Å²) in [4.78, 5) is 4.40. The van der Waals surface area contributed by atoms with E-state index in [2.05, 4.69) is 20.3 Å². The Hall–Kier alpha value is -1.16. The van der Waals surface area contributed by atoms with E-state index < -0.39 is 15.6 Å². The summed E-state index contributed by atoms with van der Waals surface area (Å²) >= 11 is 1.54. The van der Waals surface area contributed by atoms with Gasteiger partial charge in [-0.3, -0.25) is 0 Å². The molecule has 1 aromatic heterocycles. The molecule has 0 fully saturated rings. The van der Waals surface area contributed by atoms with Gasteiger partial charge in [0.1, 0.15) is 5.60 Å². The van der Waals surface area contributed by atoms with Gasteiger partial charge in [0.2, 0.25) is 10.0 Å². The lowest BCUT2D eigenvalue weighted by atomic mass is 10.00. The van der Waals surface area contributed by atoms with E-state index in [1.54, 1.807) is 6.92 Å². The number of rotatable bonds is 9. The number of guanidine groups is 1. The van der Waals surface area contributed by atoms with Crippen LogP contribution < -0.4 is 15.4 Å². The molecule has 0 aliphatic heterocycles. The number of sulfonamides is 1. The van der Waals surface area contributed by atoms with Gasteiger partial charge in [-0.25, -0.2) is 18.1 Å². The second kappa shape index (κ2) is 9.21. The maximum Gasteiger partial charge on any atom is 0.208 e. The fraction of sp³-hybridized carbons (Fsp3) is 0.643. The highest BCUT2D eigenvalue weighted by Crippen LogP contribution is 2.23. The molecule has 0 aliphatic carbocycles. The van der Waals surface area contributed by atoms with Crippen molar-refractivity contribution in [1.82, 2.24) is 15.4 Å². The largest absolute Gasteiger partial charge is 0.383 e. The monoisotopic (exact) mass is 362 g/mol. The molecule has 1 aromatic rings. The van der Waals surface area contributed by atoms with Crippen LogP contribution in [0.4, 0.5) is 0 Å². The van der Waals surface area contributed by atoms with E-state index in [0.29, 0.717) is 32.0 Å². The van der Waals surface area contributed by atoms with Crippen LogP contribution in [0, 0.1) is 0 Å². The quantitative estimate of drug-likeness (QED) is 0.290. The molecule has 0 spiro atoms. The molecule has 0 saturated carbocycles. The van der Waals surface area contributed by atoms with E-state index in [1.165, 1.54) is 11.3 Å². The summed E-state index contributed by atoms with van der Waals surface area (Å²) in [5.74, 6) is 0.599. The van der Waals surface area contributed by atoms with Crippen LogP contribution in [0.5, 0.6) is 0 Å². The molecule has 1 unspecified atom stereocenters. The highest BCUT2D eigenvalue weighted by Gasteiger charge is 2.23. The van der Waals surface area contributed by atoms with E-state index in [9.17, 15) is 13.5 Å². The van der Waals surface area contributed by atoms with Crippen molar-refractivity contribution in [2.45, 2.75) is 25.9 Å². The van der Waals surface area contributed by atoms with E-state index >= 15 is 0 Å². The van der Waals surface area contributed by atoms with Crippen LogP contribution in [0.2, 0.25) is 0 Å². The van der Waals surface area contributed by atoms with Crippen molar-refractivity contribution in [1.29, 1.82) is 0 Å². The molecule has 0 amide bonds. The van der Waals surface area contributed by atoms with Crippen molar-refractivity contribution in [3.8, 4) is 0 Å². The summed E-state index contributed by atoms with van der Waals surface area (Å²) in [7, 11) is -3.15. The normalized spacial score (nSPS) is 15.2. The van der Waals surface area contributed by atoms with Gasteiger partial charge in [0.15, 0.2) is 5.96 Å². The Morgan fingerprint density at radius 3 is 2.70 bits per heavy atom. The minimum Gasteiger partial charge on any atom is -0.383 e. The summed E-state index contributed by atoms with van der Waals surface area (Å²) in [6.07, 6.45) is 1.77. The first kappa shape index (κ1) is 19.9. The van der Waals surface area contributed by atoms with Crippen LogP contribution in [0.15, 0.2) is 21.8 Å². The van der Waals surface area contributed by atoms with Crippen LogP contribution >= 0.6 is 11.3 Å². The van der Waals surface area contributed by atoms with E-state index in [0.717, 1.165) is 11.8 Å². The number of hydrogen-bond acceptors (Lipinski definition) is 5. The molecule has 1 rings (SSSR count). The first-order valence-electron chi connectivity index (χ1n) is 7.46. The predicted octanol–water partition coefficient (Wildman–Crippen LogP) is 0.450. The Balaban J connectivity index is 2.47. The highest BCUT2D eigenvalue weighted by atomic mass is 32.2. The molecule has 4 N–H and O–H groups in total. The second-order valence-electron chi connectivity index (χ2n) is 5.43. The number of nitrogens with one attached hydrogen (secondary N) is 3. The molecular formula is C14H26N4O3S2. The Bertz CT molecular complexity index is 583. The first-order valence-corrected chi connectivity index (χ1v) is 10.3. The summed E-state index contributed by atoms with van der Waals surface area (Å²) in [6, 6.07) is 1.89. The van der Waals surface area contributed by atoms with Crippen LogP contribution in [0.25, 0.3) is 0 Å². The van der Waals surface area contributed by atoms with Gasteiger partial charge in [-0.2, -0.15) is 11.3 Å². The summed E-state index contributed by atoms with van der Waals surface area (Å²) in [6.45, 7) is 5.58. The molecule has 23 heavy (non-hydrogen) atoms. The number of aliphatic imine (C=N–C) groups is 1. The molecule has 0 saturated heterocycles. The van der Waals surface area contributed by atoms with Gasteiger partial charge in [0, 0.05) is 19.6 Å². The van der Waals surface area contributed by atoms with Gasteiger partial charge in [0.25, 0.3) is 0 Å². The standard InChI is InChI=1S/C14H26N4O3S2/c1-4-15-13(16-7-5-8-18-23(3,20)21)17-11-14(2,19)12-6-9-22-10-12/h6,9-10,18-19H,4-5,7-8,11H2,1-3H3,(H2,15,16,17). The van der Waals surface area contributed by atoms with Gasteiger partial charge in [-0.05, 0) is 42.7 Å². The van der Waals surface area contributed by atoms with Crippen molar-refractivity contribution in [2.75, 3.05) is 32.4 Å². The molecule has 132 valence electrons. The average Bonchev–Trinajstić information content (AvgIpc) is 2.98. The zero-order chi connectivity index (χ0) is 17.3. The van der Waals surface area contributed by atoms with Crippen molar-refractivity contribution in [2.24, 2.45) is 4.99 Å². The molecule has 1 heterocycles. The number of aliphatic hydroxyl groups is 1. The summed E-state index contributed by atoms with van der Waals surface area (Å²) in [5.41, 5.74) is -0.167. The summed E-state index contributed by atoms with van der Waals surface area (Å²) in [5, 5.41) is 20.5. The third kappa shape index (κ3) is 8.31. The van der Waals surface area contributed by atoms with Crippen molar-refractivity contribution >= 4 is 27.3 Å². The number of hydrogen-bond donors (Lipinski definition) is 4. The molecule has 0 radical (unpaired) electrons. The predicted molar refractivity (Wildman–Crippen MR) is 95.3 cm³/mol.